The number of rotatable bonds is 2. The third-order valence-corrected chi connectivity index (χ3v) is 5.10. The normalized spacial score (nSPS) is 13.8. The van der Waals surface area contributed by atoms with Crippen molar-refractivity contribution in [2.45, 2.75) is 19.6 Å². The summed E-state index contributed by atoms with van der Waals surface area (Å²) in [5.74, 6) is 0. The zero-order valence-electron chi connectivity index (χ0n) is 5.51. The van der Waals surface area contributed by atoms with E-state index in [0.717, 1.165) is 0 Å². The minimum absolute atomic E-state index is 1.76. The summed E-state index contributed by atoms with van der Waals surface area (Å²) in [6.07, 6.45) is 0. The molecule has 0 amide bonds. The molecular formula is C3H9ClCrO3Si. The van der Waals surface area contributed by atoms with Crippen LogP contribution in [0.2, 0.25) is 19.6 Å². The molecule has 0 saturated carbocycles. The van der Waals surface area contributed by atoms with Crippen molar-refractivity contribution in [2.24, 2.45) is 0 Å². The molecule has 0 saturated heterocycles. The predicted molar refractivity (Wildman–Crippen MR) is 31.7 cm³/mol. The summed E-state index contributed by atoms with van der Waals surface area (Å²) >= 11 is -4.42. The van der Waals surface area contributed by atoms with Gasteiger partial charge in [-0.05, 0) is 0 Å². The van der Waals surface area contributed by atoms with Gasteiger partial charge in [-0.15, -0.1) is 0 Å². The van der Waals surface area contributed by atoms with Gasteiger partial charge in [0.25, 0.3) is 0 Å². The van der Waals surface area contributed by atoms with Crippen LogP contribution in [0.5, 0.6) is 0 Å². The third-order valence-electron chi connectivity index (χ3n) is 0.350. The summed E-state index contributed by atoms with van der Waals surface area (Å²) in [7, 11) is 2.90. The van der Waals surface area contributed by atoms with E-state index < -0.39 is 20.7 Å². The average molecular weight is 209 g/mol. The van der Waals surface area contributed by atoms with Crippen LogP contribution in [0.15, 0.2) is 0 Å². The molecule has 0 fully saturated rings. The Kier molecular flexibility index (Phi) is 2.86. The van der Waals surface area contributed by atoms with E-state index in [1.54, 1.807) is 19.6 Å². The van der Waals surface area contributed by atoms with Crippen LogP contribution in [0.4, 0.5) is 0 Å². The van der Waals surface area contributed by atoms with Crippen molar-refractivity contribution < 1.29 is 23.4 Å². The van der Waals surface area contributed by atoms with Gasteiger partial charge in [-0.25, -0.2) is 0 Å². The van der Waals surface area contributed by atoms with Gasteiger partial charge >= 0.3 is 61.5 Å². The molecule has 0 aliphatic carbocycles. The van der Waals surface area contributed by atoms with E-state index in [2.05, 4.69) is 3.48 Å². The monoisotopic (exact) mass is 208 g/mol. The van der Waals surface area contributed by atoms with Gasteiger partial charge in [0, 0.05) is 0 Å². The van der Waals surface area contributed by atoms with Crippen LogP contribution >= 0.6 is 10.0 Å². The second kappa shape index (κ2) is 2.69. The third kappa shape index (κ3) is 8.60. The molecule has 0 bridgehead atoms. The number of halogens is 1. The van der Waals surface area contributed by atoms with Crippen LogP contribution in [0.3, 0.4) is 0 Å². The van der Waals surface area contributed by atoms with Crippen LogP contribution in [-0.4, -0.2) is 8.32 Å². The van der Waals surface area contributed by atoms with Gasteiger partial charge in [-0.1, -0.05) is 0 Å². The van der Waals surface area contributed by atoms with E-state index in [9.17, 15) is 7.61 Å². The molecule has 9 heavy (non-hydrogen) atoms. The molecule has 0 spiro atoms. The summed E-state index contributed by atoms with van der Waals surface area (Å²) in [6, 6.07) is 0. The van der Waals surface area contributed by atoms with Crippen molar-refractivity contribution in [2.75, 3.05) is 0 Å². The van der Waals surface area contributed by atoms with Crippen molar-refractivity contribution in [3.8, 4) is 0 Å². The van der Waals surface area contributed by atoms with Gasteiger partial charge in [-0.3, -0.25) is 0 Å². The fourth-order valence-corrected chi connectivity index (χ4v) is 6.03. The van der Waals surface area contributed by atoms with Crippen LogP contribution < -0.4 is 0 Å². The molecule has 0 N–H and O–H groups in total. The van der Waals surface area contributed by atoms with E-state index in [1.807, 2.05) is 0 Å². The van der Waals surface area contributed by atoms with E-state index in [4.69, 9.17) is 10.0 Å². The Hall–Kier alpha value is 0.599. The Labute approximate surface area is 61.7 Å². The van der Waals surface area contributed by atoms with Gasteiger partial charge in [0.1, 0.15) is 0 Å². The Morgan fingerprint density at radius 3 is 1.67 bits per heavy atom. The van der Waals surface area contributed by atoms with Gasteiger partial charge in [0.05, 0.1) is 0 Å². The van der Waals surface area contributed by atoms with Crippen LogP contribution in [-0.2, 0) is 23.4 Å². The zero-order chi connectivity index (χ0) is 7.71. The molecule has 0 rings (SSSR count). The van der Waals surface area contributed by atoms with Gasteiger partial charge < -0.3 is 0 Å². The summed E-state index contributed by atoms with van der Waals surface area (Å²) in [6.45, 7) is 5.28. The Bertz CT molecular complexity index is 180. The summed E-state index contributed by atoms with van der Waals surface area (Å²) in [5, 5.41) is 0. The van der Waals surface area contributed by atoms with E-state index in [-0.39, 0.29) is 0 Å². The van der Waals surface area contributed by atoms with Crippen molar-refractivity contribution in [3.05, 3.63) is 0 Å². The van der Waals surface area contributed by atoms with Crippen LogP contribution in [0.25, 0.3) is 0 Å². The second-order valence-electron chi connectivity index (χ2n) is 2.59. The topological polar surface area (TPSA) is 43.4 Å². The zero-order valence-corrected chi connectivity index (χ0v) is 8.54. The van der Waals surface area contributed by atoms with E-state index in [1.165, 1.54) is 0 Å². The molecule has 0 aliphatic heterocycles. The molecule has 0 aliphatic rings. The molecule has 0 aromatic rings. The standard InChI is InChI=1S/C3H9OSi.ClH.Cr.2O/c1-5(2,3)4;;;;/h1-3H3;1H;;;/q-1;;+2;;/p-1. The first-order valence-electron chi connectivity index (χ1n) is 2.36. The van der Waals surface area contributed by atoms with Crippen LogP contribution in [0.1, 0.15) is 0 Å². The summed E-state index contributed by atoms with van der Waals surface area (Å²) in [5.41, 5.74) is 0. The molecular weight excluding hydrogens is 200 g/mol. The summed E-state index contributed by atoms with van der Waals surface area (Å²) in [4.78, 5) is 0. The number of hydrogen-bond donors (Lipinski definition) is 0. The minimum atomic E-state index is -4.42. The van der Waals surface area contributed by atoms with Gasteiger partial charge in [-0.2, -0.15) is 0 Å². The Morgan fingerprint density at radius 1 is 1.33 bits per heavy atom. The molecule has 0 heterocycles. The first kappa shape index (κ1) is 9.60. The Morgan fingerprint density at radius 2 is 1.67 bits per heavy atom. The maximum absolute atomic E-state index is 10.3. The van der Waals surface area contributed by atoms with E-state index >= 15 is 0 Å². The fourth-order valence-electron chi connectivity index (χ4n) is 0.299. The quantitative estimate of drug-likeness (QED) is 0.650. The number of hydrogen-bond acceptors (Lipinski definition) is 3. The molecule has 56 valence electrons. The molecule has 0 aromatic carbocycles. The van der Waals surface area contributed by atoms with Crippen molar-refractivity contribution in [1.82, 2.24) is 0 Å². The molecule has 0 radical (unpaired) electrons. The maximum atomic E-state index is 10.3. The van der Waals surface area contributed by atoms with Crippen molar-refractivity contribution in [3.63, 3.8) is 0 Å². The molecule has 0 aromatic heterocycles. The Balaban J connectivity index is 4.07. The SMILES string of the molecule is C[Si](C)(C)[O][Cr](=[O])(=[O])[Cl]. The van der Waals surface area contributed by atoms with E-state index in [0.29, 0.717) is 0 Å². The van der Waals surface area contributed by atoms with Crippen LogP contribution in [0, 0.1) is 0 Å². The first-order valence-corrected chi connectivity index (χ1v) is 9.08. The van der Waals surface area contributed by atoms with Gasteiger partial charge in [0.15, 0.2) is 0 Å². The molecule has 3 nitrogen and oxygen atoms in total. The summed E-state index contributed by atoms with van der Waals surface area (Å²) < 4.78 is 25.2. The van der Waals surface area contributed by atoms with Crippen molar-refractivity contribution in [1.29, 1.82) is 0 Å². The average Bonchev–Trinajstić information content (AvgIpc) is 1.14. The molecule has 6 heteroatoms. The first-order chi connectivity index (χ1) is 3.71. The molecule has 0 atom stereocenters. The predicted octanol–water partition coefficient (Wildman–Crippen LogP) is 1.75. The second-order valence-corrected chi connectivity index (χ2v) is 10.5. The fraction of sp³-hybridized carbons (Fsp3) is 1.00. The molecule has 0 unspecified atom stereocenters. The van der Waals surface area contributed by atoms with Gasteiger partial charge in [0.2, 0.25) is 0 Å². The van der Waals surface area contributed by atoms with Crippen molar-refractivity contribution >= 4 is 18.4 Å².